The van der Waals surface area contributed by atoms with Crippen LogP contribution >= 0.6 is 0 Å². The number of amides is 2. The molecule has 6 heteroatoms. The van der Waals surface area contributed by atoms with E-state index in [0.717, 1.165) is 23.4 Å². The second-order valence-corrected chi connectivity index (χ2v) is 9.67. The maximum absolute atomic E-state index is 12.9. The largest absolute Gasteiger partial charge is 0.497 e. The highest BCUT2D eigenvalue weighted by Crippen LogP contribution is 2.32. The molecule has 184 valence electrons. The smallest absolute Gasteiger partial charge is 0.238 e. The number of ether oxygens (including phenoxy) is 1. The zero-order valence-electron chi connectivity index (χ0n) is 21.3. The first kappa shape index (κ1) is 25.8. The van der Waals surface area contributed by atoms with Crippen LogP contribution in [0.3, 0.4) is 0 Å². The molecule has 0 bridgehead atoms. The fourth-order valence-electron chi connectivity index (χ4n) is 4.43. The Kier molecular flexibility index (Phi) is 9.11. The van der Waals surface area contributed by atoms with E-state index in [9.17, 15) is 9.59 Å². The quantitative estimate of drug-likeness (QED) is 0.585. The molecule has 0 atom stereocenters. The molecule has 0 saturated carbocycles. The number of benzene rings is 2. The van der Waals surface area contributed by atoms with E-state index in [1.54, 1.807) is 7.11 Å². The molecule has 34 heavy (non-hydrogen) atoms. The third kappa shape index (κ3) is 6.83. The summed E-state index contributed by atoms with van der Waals surface area (Å²) in [5.74, 6) is 1.67. The van der Waals surface area contributed by atoms with Gasteiger partial charge < -0.3 is 15.0 Å². The molecular formula is C28H39N3O3. The monoisotopic (exact) mass is 465 g/mol. The van der Waals surface area contributed by atoms with Crippen LogP contribution in [-0.2, 0) is 16.0 Å². The van der Waals surface area contributed by atoms with Crippen LogP contribution in [0.5, 0.6) is 5.75 Å². The molecule has 0 unspecified atom stereocenters. The Balaban J connectivity index is 1.48. The molecule has 1 aliphatic rings. The van der Waals surface area contributed by atoms with Gasteiger partial charge in [0.25, 0.3) is 0 Å². The van der Waals surface area contributed by atoms with E-state index in [2.05, 4.69) is 56.1 Å². The summed E-state index contributed by atoms with van der Waals surface area (Å²) in [5, 5.41) is 3.20. The van der Waals surface area contributed by atoms with Crippen molar-refractivity contribution in [1.29, 1.82) is 0 Å². The van der Waals surface area contributed by atoms with Crippen molar-refractivity contribution in [2.24, 2.45) is 0 Å². The summed E-state index contributed by atoms with van der Waals surface area (Å²) >= 11 is 0. The average molecular weight is 466 g/mol. The van der Waals surface area contributed by atoms with E-state index in [0.29, 0.717) is 51.0 Å². The van der Waals surface area contributed by atoms with Gasteiger partial charge in [0.1, 0.15) is 5.75 Å². The first-order valence-corrected chi connectivity index (χ1v) is 12.3. The maximum atomic E-state index is 12.9. The molecule has 0 spiro atoms. The van der Waals surface area contributed by atoms with Crippen LogP contribution in [0.25, 0.3) is 0 Å². The normalized spacial score (nSPS) is 14.5. The van der Waals surface area contributed by atoms with Crippen LogP contribution in [-0.4, -0.2) is 61.4 Å². The van der Waals surface area contributed by atoms with Crippen LogP contribution in [0.2, 0.25) is 0 Å². The number of carbonyl (C=O) groups excluding carboxylic acids is 2. The van der Waals surface area contributed by atoms with Crippen molar-refractivity contribution in [1.82, 2.24) is 9.80 Å². The third-order valence-corrected chi connectivity index (χ3v) is 6.52. The van der Waals surface area contributed by atoms with Gasteiger partial charge >= 0.3 is 0 Å². The summed E-state index contributed by atoms with van der Waals surface area (Å²) in [6.45, 7) is 11.7. The Bertz CT molecular complexity index is 935. The van der Waals surface area contributed by atoms with Crippen LogP contribution < -0.4 is 10.1 Å². The SMILES string of the molecule is COc1ccc(CCC(=O)N2CCN(CC(=O)Nc3c(C(C)C)cccc3C(C)C)CC2)cc1. The molecule has 0 aromatic heterocycles. The van der Waals surface area contributed by atoms with Crippen molar-refractivity contribution in [2.45, 2.75) is 52.4 Å². The molecule has 1 saturated heterocycles. The van der Waals surface area contributed by atoms with Crippen molar-refractivity contribution < 1.29 is 14.3 Å². The summed E-state index contributed by atoms with van der Waals surface area (Å²) in [4.78, 5) is 29.6. The van der Waals surface area contributed by atoms with Crippen LogP contribution in [0, 0.1) is 0 Å². The molecule has 6 nitrogen and oxygen atoms in total. The number of methoxy groups -OCH3 is 1. The van der Waals surface area contributed by atoms with Crippen LogP contribution in [0.4, 0.5) is 5.69 Å². The van der Waals surface area contributed by atoms with Gasteiger partial charge in [0.05, 0.1) is 13.7 Å². The van der Waals surface area contributed by atoms with E-state index in [4.69, 9.17) is 4.74 Å². The van der Waals surface area contributed by atoms with Gasteiger partial charge in [-0.1, -0.05) is 58.0 Å². The summed E-state index contributed by atoms with van der Waals surface area (Å²) in [7, 11) is 1.65. The van der Waals surface area contributed by atoms with Gasteiger partial charge in [-0.15, -0.1) is 0 Å². The predicted molar refractivity (Wildman–Crippen MR) is 138 cm³/mol. The van der Waals surface area contributed by atoms with Gasteiger partial charge in [-0.2, -0.15) is 0 Å². The van der Waals surface area contributed by atoms with E-state index >= 15 is 0 Å². The van der Waals surface area contributed by atoms with E-state index < -0.39 is 0 Å². The zero-order chi connectivity index (χ0) is 24.7. The molecule has 1 N–H and O–H groups in total. The Morgan fingerprint density at radius 1 is 0.912 bits per heavy atom. The van der Waals surface area contributed by atoms with E-state index in [1.165, 1.54) is 11.1 Å². The Morgan fingerprint density at radius 2 is 1.50 bits per heavy atom. The molecule has 2 aromatic carbocycles. The van der Waals surface area contributed by atoms with Gasteiger partial charge in [-0.25, -0.2) is 0 Å². The lowest BCUT2D eigenvalue weighted by molar-refractivity contribution is -0.133. The number of piperazine rings is 1. The highest BCUT2D eigenvalue weighted by molar-refractivity contribution is 5.94. The molecule has 2 aromatic rings. The summed E-state index contributed by atoms with van der Waals surface area (Å²) in [5.41, 5.74) is 4.44. The van der Waals surface area contributed by atoms with E-state index in [-0.39, 0.29) is 11.8 Å². The number of nitrogens with zero attached hydrogens (tertiary/aromatic N) is 2. The average Bonchev–Trinajstić information content (AvgIpc) is 2.83. The lowest BCUT2D eigenvalue weighted by atomic mass is 9.92. The second-order valence-electron chi connectivity index (χ2n) is 9.67. The molecule has 0 aliphatic carbocycles. The predicted octanol–water partition coefficient (Wildman–Crippen LogP) is 4.66. The highest BCUT2D eigenvalue weighted by Gasteiger charge is 2.23. The molecular weight excluding hydrogens is 426 g/mol. The van der Waals surface area contributed by atoms with Gasteiger partial charge in [0.2, 0.25) is 11.8 Å². The number of hydrogen-bond donors (Lipinski definition) is 1. The second kappa shape index (κ2) is 12.0. The van der Waals surface area contributed by atoms with Crippen molar-refractivity contribution in [3.05, 3.63) is 59.2 Å². The molecule has 2 amide bonds. The fraction of sp³-hybridized carbons (Fsp3) is 0.500. The number of carbonyl (C=O) groups is 2. The van der Waals surface area contributed by atoms with E-state index in [1.807, 2.05) is 29.2 Å². The maximum Gasteiger partial charge on any atom is 0.238 e. The van der Waals surface area contributed by atoms with Crippen molar-refractivity contribution in [3.63, 3.8) is 0 Å². The van der Waals surface area contributed by atoms with Gasteiger partial charge in [0.15, 0.2) is 0 Å². The van der Waals surface area contributed by atoms with Gasteiger partial charge in [0, 0.05) is 38.3 Å². The van der Waals surface area contributed by atoms with Gasteiger partial charge in [-0.3, -0.25) is 14.5 Å². The van der Waals surface area contributed by atoms with Crippen molar-refractivity contribution >= 4 is 17.5 Å². The van der Waals surface area contributed by atoms with Gasteiger partial charge in [-0.05, 0) is 47.1 Å². The fourth-order valence-corrected chi connectivity index (χ4v) is 4.43. The van der Waals surface area contributed by atoms with Crippen molar-refractivity contribution in [2.75, 3.05) is 45.2 Å². The number of para-hydroxylation sites is 1. The summed E-state index contributed by atoms with van der Waals surface area (Å²) in [6, 6.07) is 14.1. The first-order chi connectivity index (χ1) is 16.3. The lowest BCUT2D eigenvalue weighted by Crippen LogP contribution is -2.50. The van der Waals surface area contributed by atoms with Crippen LogP contribution in [0.1, 0.15) is 62.6 Å². The summed E-state index contributed by atoms with van der Waals surface area (Å²) in [6.07, 6.45) is 1.22. The minimum absolute atomic E-state index is 0.00859. The number of aryl methyl sites for hydroxylation is 1. The molecule has 1 aliphatic heterocycles. The van der Waals surface area contributed by atoms with Crippen molar-refractivity contribution in [3.8, 4) is 5.75 Å². The highest BCUT2D eigenvalue weighted by atomic mass is 16.5. The Hall–Kier alpha value is -2.86. The standard InChI is InChI=1S/C28H39N3O3/c1-20(2)24-7-6-8-25(21(3)4)28(24)29-26(32)19-30-15-17-31(18-16-30)27(33)14-11-22-9-12-23(34-5)13-10-22/h6-10,12-13,20-21H,11,14-19H2,1-5H3,(H,29,32). The number of nitrogens with one attached hydrogen (secondary N) is 1. The van der Waals surface area contributed by atoms with Crippen LogP contribution in [0.15, 0.2) is 42.5 Å². The minimum Gasteiger partial charge on any atom is -0.497 e. The number of rotatable bonds is 9. The molecule has 3 rings (SSSR count). The molecule has 0 radical (unpaired) electrons. The zero-order valence-corrected chi connectivity index (χ0v) is 21.3. The Morgan fingerprint density at radius 3 is 2.03 bits per heavy atom. The number of hydrogen-bond acceptors (Lipinski definition) is 4. The lowest BCUT2D eigenvalue weighted by Gasteiger charge is -2.34. The topological polar surface area (TPSA) is 61.9 Å². The summed E-state index contributed by atoms with van der Waals surface area (Å²) < 4.78 is 5.18. The third-order valence-electron chi connectivity index (χ3n) is 6.52. The Labute approximate surface area is 204 Å². The minimum atomic E-state index is 0.00859. The molecule has 1 fully saturated rings. The first-order valence-electron chi connectivity index (χ1n) is 12.3. The number of anilines is 1. The molecule has 1 heterocycles.